The maximum atomic E-state index is 5.68. The van der Waals surface area contributed by atoms with Gasteiger partial charge in [-0.15, -0.1) is 0 Å². The summed E-state index contributed by atoms with van der Waals surface area (Å²) in [5, 5.41) is 1.11. The van der Waals surface area contributed by atoms with E-state index in [1.165, 1.54) is 38.5 Å². The molecule has 0 atom stereocenters. The number of unbranched alkanes of at least 4 members (excludes halogenated alkanes) is 1. The molecule has 0 saturated heterocycles. The second-order valence-electron chi connectivity index (χ2n) is 3.17. The van der Waals surface area contributed by atoms with Crippen LogP contribution in [0.1, 0.15) is 38.5 Å². The van der Waals surface area contributed by atoms with Crippen LogP contribution in [0.25, 0.3) is 0 Å². The van der Waals surface area contributed by atoms with E-state index in [-0.39, 0.29) is 0 Å². The molecule has 1 fully saturated rings. The van der Waals surface area contributed by atoms with Crippen molar-refractivity contribution >= 4 is 15.9 Å². The highest BCUT2D eigenvalue weighted by Crippen LogP contribution is 2.20. The molecule has 1 rings (SSSR count). The van der Waals surface area contributed by atoms with Gasteiger partial charge in [0.05, 0.1) is 6.10 Å². The molecule has 66 valence electrons. The maximum Gasteiger partial charge on any atom is 0.0575 e. The lowest BCUT2D eigenvalue weighted by molar-refractivity contribution is 0.0566. The van der Waals surface area contributed by atoms with Gasteiger partial charge in [0.2, 0.25) is 0 Å². The molecule has 0 aromatic heterocycles. The molecular weight excluding hydrogens is 204 g/mol. The third-order valence-electron chi connectivity index (χ3n) is 2.18. The molecule has 0 bridgehead atoms. The minimum Gasteiger partial charge on any atom is -0.378 e. The first-order chi connectivity index (χ1) is 5.43. The Hall–Kier alpha value is 0.440. The lowest BCUT2D eigenvalue weighted by Gasteiger charge is -2.09. The topological polar surface area (TPSA) is 9.23 Å². The van der Waals surface area contributed by atoms with Crippen molar-refractivity contribution in [2.45, 2.75) is 44.6 Å². The first kappa shape index (κ1) is 9.53. The van der Waals surface area contributed by atoms with Crippen molar-refractivity contribution < 1.29 is 4.74 Å². The van der Waals surface area contributed by atoms with Crippen molar-refractivity contribution in [3.05, 3.63) is 0 Å². The number of hydrogen-bond acceptors (Lipinski definition) is 1. The van der Waals surface area contributed by atoms with E-state index in [0.29, 0.717) is 6.10 Å². The van der Waals surface area contributed by atoms with Crippen LogP contribution in [0.2, 0.25) is 0 Å². The van der Waals surface area contributed by atoms with Crippen LogP contribution in [0.15, 0.2) is 0 Å². The van der Waals surface area contributed by atoms with Crippen molar-refractivity contribution in [3.8, 4) is 0 Å². The second-order valence-corrected chi connectivity index (χ2v) is 3.97. The van der Waals surface area contributed by atoms with Gasteiger partial charge < -0.3 is 4.74 Å². The molecule has 0 aromatic carbocycles. The summed E-state index contributed by atoms with van der Waals surface area (Å²) in [6.45, 7) is 0.969. The number of ether oxygens (including phenoxy) is 1. The predicted octanol–water partition coefficient (Wildman–Crippen LogP) is 3.12. The normalized spacial score (nSPS) is 19.4. The fraction of sp³-hybridized carbons (Fsp3) is 1.00. The molecule has 0 radical (unpaired) electrons. The largest absolute Gasteiger partial charge is 0.378 e. The summed E-state index contributed by atoms with van der Waals surface area (Å²) < 4.78 is 5.68. The van der Waals surface area contributed by atoms with Crippen molar-refractivity contribution in [1.29, 1.82) is 0 Å². The van der Waals surface area contributed by atoms with Crippen molar-refractivity contribution in [2.24, 2.45) is 0 Å². The number of alkyl halides is 1. The van der Waals surface area contributed by atoms with Gasteiger partial charge in [-0.2, -0.15) is 0 Å². The van der Waals surface area contributed by atoms with Crippen LogP contribution in [0, 0.1) is 0 Å². The third kappa shape index (κ3) is 4.12. The first-order valence-electron chi connectivity index (χ1n) is 4.61. The third-order valence-corrected chi connectivity index (χ3v) is 2.74. The molecule has 2 heteroatoms. The van der Waals surface area contributed by atoms with Crippen LogP contribution >= 0.6 is 15.9 Å². The molecule has 0 amide bonds. The van der Waals surface area contributed by atoms with Crippen LogP contribution < -0.4 is 0 Å². The van der Waals surface area contributed by atoms with Crippen LogP contribution in [-0.4, -0.2) is 18.0 Å². The number of halogens is 1. The van der Waals surface area contributed by atoms with Crippen molar-refractivity contribution in [3.63, 3.8) is 0 Å². The molecule has 1 aliphatic carbocycles. The Morgan fingerprint density at radius 3 is 2.55 bits per heavy atom. The van der Waals surface area contributed by atoms with Crippen molar-refractivity contribution in [2.75, 3.05) is 11.9 Å². The number of rotatable bonds is 5. The Labute approximate surface area is 77.6 Å². The lowest BCUT2D eigenvalue weighted by Crippen LogP contribution is -2.08. The van der Waals surface area contributed by atoms with Gasteiger partial charge in [-0.05, 0) is 25.7 Å². The van der Waals surface area contributed by atoms with Gasteiger partial charge in [0.25, 0.3) is 0 Å². The van der Waals surface area contributed by atoms with Gasteiger partial charge in [-0.25, -0.2) is 0 Å². The summed E-state index contributed by atoms with van der Waals surface area (Å²) in [5.41, 5.74) is 0. The molecular formula is C9H17BrO. The van der Waals surface area contributed by atoms with Gasteiger partial charge in [-0.1, -0.05) is 28.8 Å². The summed E-state index contributed by atoms with van der Waals surface area (Å²) in [6, 6.07) is 0. The van der Waals surface area contributed by atoms with Gasteiger partial charge in [0, 0.05) is 11.9 Å². The summed E-state index contributed by atoms with van der Waals surface area (Å²) in [7, 11) is 0. The number of hydrogen-bond donors (Lipinski definition) is 0. The first-order valence-corrected chi connectivity index (χ1v) is 5.73. The van der Waals surface area contributed by atoms with Crippen LogP contribution in [0.5, 0.6) is 0 Å². The molecule has 11 heavy (non-hydrogen) atoms. The molecule has 0 aliphatic heterocycles. The monoisotopic (exact) mass is 220 g/mol. The lowest BCUT2D eigenvalue weighted by atomic mass is 10.3. The Kier molecular flexibility index (Phi) is 5.21. The van der Waals surface area contributed by atoms with Gasteiger partial charge >= 0.3 is 0 Å². The average Bonchev–Trinajstić information content (AvgIpc) is 2.50. The average molecular weight is 221 g/mol. The zero-order valence-corrected chi connectivity index (χ0v) is 8.61. The van der Waals surface area contributed by atoms with Gasteiger partial charge in [0.1, 0.15) is 0 Å². The van der Waals surface area contributed by atoms with E-state index >= 15 is 0 Å². The van der Waals surface area contributed by atoms with Gasteiger partial charge in [-0.3, -0.25) is 0 Å². The Bertz CT molecular complexity index is 89.6. The SMILES string of the molecule is BrCCCCOC1CCCC1. The summed E-state index contributed by atoms with van der Waals surface area (Å²) in [6.07, 6.45) is 8.41. The van der Waals surface area contributed by atoms with Crippen LogP contribution in [0.3, 0.4) is 0 Å². The standard InChI is InChI=1S/C9H17BrO/c10-7-3-4-8-11-9-5-1-2-6-9/h9H,1-8H2. The minimum atomic E-state index is 0.602. The van der Waals surface area contributed by atoms with E-state index in [0.717, 1.165) is 11.9 Å². The quantitative estimate of drug-likeness (QED) is 0.512. The fourth-order valence-corrected chi connectivity index (χ4v) is 1.90. The summed E-state index contributed by atoms with van der Waals surface area (Å²) in [5.74, 6) is 0. The minimum absolute atomic E-state index is 0.602. The van der Waals surface area contributed by atoms with Crippen LogP contribution in [0.4, 0.5) is 0 Å². The molecule has 0 aromatic rings. The van der Waals surface area contributed by atoms with E-state index in [1.807, 2.05) is 0 Å². The zero-order valence-electron chi connectivity index (χ0n) is 7.02. The van der Waals surface area contributed by atoms with E-state index in [1.54, 1.807) is 0 Å². The molecule has 0 N–H and O–H groups in total. The molecule has 0 spiro atoms. The van der Waals surface area contributed by atoms with Crippen molar-refractivity contribution in [1.82, 2.24) is 0 Å². The van der Waals surface area contributed by atoms with Crippen LogP contribution in [-0.2, 0) is 4.74 Å². The Morgan fingerprint density at radius 2 is 1.91 bits per heavy atom. The highest BCUT2D eigenvalue weighted by Gasteiger charge is 2.14. The summed E-state index contributed by atoms with van der Waals surface area (Å²) in [4.78, 5) is 0. The summed E-state index contributed by atoms with van der Waals surface area (Å²) >= 11 is 3.41. The Morgan fingerprint density at radius 1 is 1.18 bits per heavy atom. The van der Waals surface area contributed by atoms with E-state index in [2.05, 4.69) is 15.9 Å². The fourth-order valence-electron chi connectivity index (χ4n) is 1.50. The highest BCUT2D eigenvalue weighted by molar-refractivity contribution is 9.09. The smallest absolute Gasteiger partial charge is 0.0575 e. The molecule has 1 saturated carbocycles. The molecule has 1 aliphatic rings. The second kappa shape index (κ2) is 6.01. The Balaban J connectivity index is 1.86. The van der Waals surface area contributed by atoms with E-state index in [9.17, 15) is 0 Å². The van der Waals surface area contributed by atoms with E-state index < -0.39 is 0 Å². The van der Waals surface area contributed by atoms with Gasteiger partial charge in [0.15, 0.2) is 0 Å². The van der Waals surface area contributed by atoms with E-state index in [4.69, 9.17) is 4.74 Å². The highest BCUT2D eigenvalue weighted by atomic mass is 79.9. The maximum absolute atomic E-state index is 5.68. The zero-order chi connectivity index (χ0) is 7.94. The predicted molar refractivity (Wildman–Crippen MR) is 51.2 cm³/mol. The molecule has 0 heterocycles. The molecule has 1 nitrogen and oxygen atoms in total. The molecule has 0 unspecified atom stereocenters.